The molecule has 1 heterocycles. The van der Waals surface area contributed by atoms with Crippen molar-refractivity contribution in [3.63, 3.8) is 0 Å². The van der Waals surface area contributed by atoms with Gasteiger partial charge in [-0.15, -0.1) is 0 Å². The number of hydrogen-bond donors (Lipinski definition) is 1. The first-order valence-corrected chi connectivity index (χ1v) is 3.28. The summed E-state index contributed by atoms with van der Waals surface area (Å²) in [5.74, 6) is -1.16. The van der Waals surface area contributed by atoms with Gasteiger partial charge in [-0.2, -0.15) is 0 Å². The third-order valence-corrected chi connectivity index (χ3v) is 1.64. The van der Waals surface area contributed by atoms with Crippen molar-refractivity contribution in [2.45, 2.75) is 19.1 Å². The molecule has 2 atom stereocenters. The normalized spacial score (nSPS) is 33.7. The van der Waals surface area contributed by atoms with Gasteiger partial charge in [0.2, 0.25) is 12.2 Å². The Morgan fingerprint density at radius 1 is 1.60 bits per heavy atom. The van der Waals surface area contributed by atoms with E-state index in [-0.39, 0.29) is 0 Å². The van der Waals surface area contributed by atoms with Crippen LogP contribution < -0.4 is 5.73 Å². The maximum atomic E-state index is 10.8. The summed E-state index contributed by atoms with van der Waals surface area (Å²) < 4.78 is 4.70. The van der Waals surface area contributed by atoms with Crippen molar-refractivity contribution in [2.75, 3.05) is 6.61 Å². The monoisotopic (exact) mass is 144 g/mol. The number of amides is 1. The highest BCUT2D eigenvalue weighted by atomic mass is 16.6. The van der Waals surface area contributed by atoms with Crippen LogP contribution in [0.4, 0.5) is 0 Å². The summed E-state index contributed by atoms with van der Waals surface area (Å²) in [4.78, 5) is 10.5. The van der Waals surface area contributed by atoms with Gasteiger partial charge in [-0.05, 0) is 12.8 Å². The fourth-order valence-corrected chi connectivity index (χ4v) is 1.03. The van der Waals surface area contributed by atoms with Gasteiger partial charge in [0.1, 0.15) is 0 Å². The van der Waals surface area contributed by atoms with E-state index in [1.165, 1.54) is 0 Å². The molecule has 1 aliphatic heterocycles. The zero-order valence-corrected chi connectivity index (χ0v) is 5.58. The lowest BCUT2D eigenvalue weighted by atomic mass is 10.0. The Morgan fingerprint density at radius 3 is 2.70 bits per heavy atom. The van der Waals surface area contributed by atoms with Crippen molar-refractivity contribution in [1.82, 2.24) is 0 Å². The fraction of sp³-hybridized carbons (Fsp3) is 0.833. The van der Waals surface area contributed by atoms with E-state index < -0.39 is 18.1 Å². The molecule has 0 aromatic heterocycles. The summed E-state index contributed by atoms with van der Waals surface area (Å²) >= 11 is 0. The number of carbonyl (C=O) groups excluding carboxylic acids is 1. The van der Waals surface area contributed by atoms with Crippen molar-refractivity contribution < 1.29 is 14.6 Å². The Kier molecular flexibility index (Phi) is 2.24. The summed E-state index contributed by atoms with van der Waals surface area (Å²) in [5.41, 5.74) is 4.94. The second-order valence-electron chi connectivity index (χ2n) is 2.39. The maximum Gasteiger partial charge on any atom is 0.225 e. The van der Waals surface area contributed by atoms with Crippen LogP contribution in [0.5, 0.6) is 0 Å². The Hall–Kier alpha value is -0.610. The lowest BCUT2D eigenvalue weighted by Crippen LogP contribution is -2.37. The maximum absolute atomic E-state index is 10.8. The molecule has 0 aliphatic carbocycles. The fourth-order valence-electron chi connectivity index (χ4n) is 1.03. The minimum atomic E-state index is -1.23. The first kappa shape index (κ1) is 7.50. The number of carbonyl (C=O) groups is 1. The average Bonchev–Trinajstić information content (AvgIpc) is 1.88. The molecule has 0 aromatic carbocycles. The lowest BCUT2D eigenvalue weighted by Gasteiger charge is -2.23. The van der Waals surface area contributed by atoms with Gasteiger partial charge < -0.3 is 10.5 Å². The van der Waals surface area contributed by atoms with E-state index in [1.807, 2.05) is 0 Å². The van der Waals surface area contributed by atoms with Crippen LogP contribution in [0.1, 0.15) is 12.8 Å². The molecule has 2 unspecified atom stereocenters. The smallest absolute Gasteiger partial charge is 0.225 e. The first-order chi connectivity index (χ1) is 4.72. The second kappa shape index (κ2) is 2.98. The minimum absolute atomic E-state index is 0.456. The molecule has 1 rings (SSSR count). The number of nitrogens with two attached hydrogens (primary N) is 1. The molecule has 1 saturated heterocycles. The van der Waals surface area contributed by atoms with Crippen molar-refractivity contribution >= 4 is 5.91 Å². The molecule has 4 nitrogen and oxygen atoms in total. The zero-order valence-electron chi connectivity index (χ0n) is 5.58. The quantitative estimate of drug-likeness (QED) is 0.546. The van der Waals surface area contributed by atoms with E-state index in [1.54, 1.807) is 0 Å². The zero-order chi connectivity index (χ0) is 7.56. The van der Waals surface area contributed by atoms with Gasteiger partial charge in [-0.25, -0.2) is 5.11 Å². The molecule has 2 N–H and O–H groups in total. The van der Waals surface area contributed by atoms with Gasteiger partial charge in [-0.1, -0.05) is 0 Å². The largest absolute Gasteiger partial charge is 0.369 e. The highest BCUT2D eigenvalue weighted by Gasteiger charge is 2.29. The van der Waals surface area contributed by atoms with Crippen molar-refractivity contribution in [2.24, 2.45) is 11.7 Å². The lowest BCUT2D eigenvalue weighted by molar-refractivity contribution is -0.194. The Morgan fingerprint density at radius 2 is 2.30 bits per heavy atom. The molecule has 0 aromatic rings. The number of rotatable bonds is 1. The van der Waals surface area contributed by atoms with Crippen molar-refractivity contribution in [3.8, 4) is 0 Å². The van der Waals surface area contributed by atoms with Gasteiger partial charge >= 0.3 is 0 Å². The Bertz CT molecular complexity index is 137. The predicted octanol–water partition coefficient (Wildman–Crippen LogP) is -0.345. The van der Waals surface area contributed by atoms with Crippen LogP contribution in [0.2, 0.25) is 0 Å². The number of hydrogen-bond acceptors (Lipinski definition) is 2. The van der Waals surface area contributed by atoms with E-state index in [9.17, 15) is 9.90 Å². The molecule has 0 spiro atoms. The predicted molar refractivity (Wildman–Crippen MR) is 32.3 cm³/mol. The van der Waals surface area contributed by atoms with Crippen LogP contribution >= 0.6 is 0 Å². The molecule has 1 radical (unpaired) electrons. The molecule has 4 heteroatoms. The summed E-state index contributed by atoms with van der Waals surface area (Å²) in [5, 5.41) is 10.8. The van der Waals surface area contributed by atoms with Gasteiger partial charge in [-0.3, -0.25) is 4.79 Å². The van der Waals surface area contributed by atoms with Crippen molar-refractivity contribution in [1.29, 1.82) is 0 Å². The van der Waals surface area contributed by atoms with Crippen LogP contribution in [0.3, 0.4) is 0 Å². The van der Waals surface area contributed by atoms with E-state index in [0.717, 1.165) is 6.42 Å². The third-order valence-electron chi connectivity index (χ3n) is 1.64. The van der Waals surface area contributed by atoms with Crippen LogP contribution in [-0.2, 0) is 14.6 Å². The SMILES string of the molecule is NC(=O)C1CCCOC1[O]. The molecule has 57 valence electrons. The highest BCUT2D eigenvalue weighted by Crippen LogP contribution is 2.18. The number of primary amides is 1. The van der Waals surface area contributed by atoms with E-state index >= 15 is 0 Å². The molecule has 0 saturated carbocycles. The van der Waals surface area contributed by atoms with Crippen molar-refractivity contribution in [3.05, 3.63) is 0 Å². The molecule has 1 fully saturated rings. The van der Waals surface area contributed by atoms with Crippen LogP contribution in [0.25, 0.3) is 0 Å². The van der Waals surface area contributed by atoms with Crippen LogP contribution in [0, 0.1) is 5.92 Å². The standard InChI is InChI=1S/C6H10NO3/c7-5(8)4-2-1-3-10-6(4)9/h4,6H,1-3H2,(H2,7,8). The van der Waals surface area contributed by atoms with Crippen LogP contribution in [0.15, 0.2) is 0 Å². The molecular formula is C6H10NO3. The van der Waals surface area contributed by atoms with Gasteiger partial charge in [0.25, 0.3) is 0 Å². The molecule has 1 amide bonds. The summed E-state index contributed by atoms with van der Waals surface area (Å²) in [7, 11) is 0. The van der Waals surface area contributed by atoms with Gasteiger partial charge in [0.15, 0.2) is 0 Å². The topological polar surface area (TPSA) is 72.2 Å². The van der Waals surface area contributed by atoms with Crippen LogP contribution in [-0.4, -0.2) is 18.8 Å². The Balaban J connectivity index is 2.47. The highest BCUT2D eigenvalue weighted by molar-refractivity contribution is 5.77. The summed E-state index contributed by atoms with van der Waals surface area (Å²) in [6.07, 6.45) is 0.0989. The molecule has 10 heavy (non-hydrogen) atoms. The van der Waals surface area contributed by atoms with E-state index in [0.29, 0.717) is 13.0 Å². The third kappa shape index (κ3) is 1.46. The summed E-state index contributed by atoms with van der Waals surface area (Å²) in [6, 6.07) is 0. The van der Waals surface area contributed by atoms with E-state index in [4.69, 9.17) is 10.5 Å². The van der Waals surface area contributed by atoms with Gasteiger partial charge in [0.05, 0.1) is 5.92 Å². The minimum Gasteiger partial charge on any atom is -0.369 e. The second-order valence-corrected chi connectivity index (χ2v) is 2.39. The number of ether oxygens (including phenoxy) is 1. The summed E-state index contributed by atoms with van der Waals surface area (Å²) in [6.45, 7) is 0.456. The first-order valence-electron chi connectivity index (χ1n) is 3.28. The van der Waals surface area contributed by atoms with Gasteiger partial charge in [0, 0.05) is 6.61 Å². The Labute approximate surface area is 59.0 Å². The van der Waals surface area contributed by atoms with E-state index in [2.05, 4.69) is 0 Å². The average molecular weight is 144 g/mol. The molecule has 0 bridgehead atoms. The molecule has 1 aliphatic rings. The molecular weight excluding hydrogens is 134 g/mol.